The fourth-order valence-corrected chi connectivity index (χ4v) is 3.07. The molecule has 1 heterocycles. The lowest BCUT2D eigenvalue weighted by molar-refractivity contribution is 0.555. The highest BCUT2D eigenvalue weighted by Gasteiger charge is 2.12. The molecule has 0 aliphatic heterocycles. The van der Waals surface area contributed by atoms with Crippen molar-refractivity contribution < 1.29 is 0 Å². The van der Waals surface area contributed by atoms with Crippen molar-refractivity contribution in [2.24, 2.45) is 5.84 Å². The molecule has 0 bridgehead atoms. The molecular weight excluding hydrogens is 287 g/mol. The van der Waals surface area contributed by atoms with Crippen LogP contribution in [-0.4, -0.2) is 0 Å². The zero-order chi connectivity index (χ0) is 13.1. The quantitative estimate of drug-likeness (QED) is 0.659. The van der Waals surface area contributed by atoms with Crippen LogP contribution in [0.2, 0.25) is 9.36 Å². The van der Waals surface area contributed by atoms with Crippen molar-refractivity contribution in [3.63, 3.8) is 0 Å². The maximum Gasteiger partial charge on any atom is 0.0931 e. The minimum atomic E-state index is 0.0654. The number of benzene rings is 1. The van der Waals surface area contributed by atoms with Gasteiger partial charge in [-0.1, -0.05) is 35.3 Å². The summed E-state index contributed by atoms with van der Waals surface area (Å²) in [5.41, 5.74) is 5.03. The van der Waals surface area contributed by atoms with Gasteiger partial charge in [0.25, 0.3) is 0 Å². The van der Waals surface area contributed by atoms with Crippen molar-refractivity contribution in [2.75, 3.05) is 0 Å². The fraction of sp³-hybridized carbons (Fsp3) is 0.231. The van der Waals surface area contributed by atoms with Gasteiger partial charge < -0.3 is 0 Å². The Morgan fingerprint density at radius 2 is 2.06 bits per heavy atom. The highest BCUT2D eigenvalue weighted by molar-refractivity contribution is 7.16. The number of thiophene rings is 1. The van der Waals surface area contributed by atoms with Crippen LogP contribution < -0.4 is 11.3 Å². The predicted octanol–water partition coefficient (Wildman–Crippen LogP) is 4.11. The molecule has 0 aliphatic rings. The number of nitrogens with two attached hydrogens (primary N) is 1. The Kier molecular flexibility index (Phi) is 4.65. The molecule has 1 atom stereocenters. The van der Waals surface area contributed by atoms with E-state index in [4.69, 9.17) is 29.0 Å². The van der Waals surface area contributed by atoms with Crippen LogP contribution in [0.15, 0.2) is 30.3 Å². The summed E-state index contributed by atoms with van der Waals surface area (Å²) in [6, 6.07) is 9.95. The zero-order valence-electron chi connectivity index (χ0n) is 9.91. The van der Waals surface area contributed by atoms with Gasteiger partial charge in [-0.15, -0.1) is 11.3 Å². The van der Waals surface area contributed by atoms with Gasteiger partial charge in [0.2, 0.25) is 0 Å². The van der Waals surface area contributed by atoms with Crippen LogP contribution in [0, 0.1) is 6.92 Å². The van der Waals surface area contributed by atoms with Gasteiger partial charge in [-0.05, 0) is 36.2 Å². The standard InChI is InChI=1S/C13H14Cl2N2S/c1-8-6-9(2-4-11(8)14)12(17-16)7-10-3-5-13(15)18-10/h2-6,12,17H,7,16H2,1H3. The van der Waals surface area contributed by atoms with E-state index in [1.165, 1.54) is 4.88 Å². The van der Waals surface area contributed by atoms with Gasteiger partial charge in [0, 0.05) is 16.3 Å². The predicted molar refractivity (Wildman–Crippen MR) is 79.3 cm³/mol. The lowest BCUT2D eigenvalue weighted by atomic mass is 10.0. The monoisotopic (exact) mass is 300 g/mol. The topological polar surface area (TPSA) is 38.0 Å². The van der Waals surface area contributed by atoms with Crippen LogP contribution in [-0.2, 0) is 6.42 Å². The van der Waals surface area contributed by atoms with E-state index in [1.807, 2.05) is 31.2 Å². The molecule has 18 heavy (non-hydrogen) atoms. The summed E-state index contributed by atoms with van der Waals surface area (Å²) in [6.07, 6.45) is 0.814. The highest BCUT2D eigenvalue weighted by atomic mass is 35.5. The Bertz CT molecular complexity index is 540. The number of hydrazine groups is 1. The lowest BCUT2D eigenvalue weighted by Crippen LogP contribution is -2.29. The van der Waals surface area contributed by atoms with Crippen LogP contribution >= 0.6 is 34.5 Å². The molecule has 0 saturated heterocycles. The molecule has 1 aromatic heterocycles. The number of hydrogen-bond donors (Lipinski definition) is 2. The smallest absolute Gasteiger partial charge is 0.0931 e. The van der Waals surface area contributed by atoms with Crippen LogP contribution in [0.5, 0.6) is 0 Å². The molecule has 0 fully saturated rings. The fourth-order valence-electron chi connectivity index (χ4n) is 1.82. The van der Waals surface area contributed by atoms with Gasteiger partial charge >= 0.3 is 0 Å². The number of halogens is 2. The second-order valence-corrected chi connectivity index (χ2v) is 6.34. The van der Waals surface area contributed by atoms with Crippen molar-refractivity contribution in [1.82, 2.24) is 5.43 Å². The SMILES string of the molecule is Cc1cc(C(Cc2ccc(Cl)s2)NN)ccc1Cl. The van der Waals surface area contributed by atoms with Gasteiger partial charge in [0.1, 0.15) is 0 Å². The summed E-state index contributed by atoms with van der Waals surface area (Å²) < 4.78 is 0.799. The number of nitrogens with one attached hydrogen (secondary N) is 1. The van der Waals surface area contributed by atoms with Gasteiger partial charge in [-0.25, -0.2) is 0 Å². The summed E-state index contributed by atoms with van der Waals surface area (Å²) in [5.74, 6) is 5.64. The van der Waals surface area contributed by atoms with Crippen LogP contribution in [0.25, 0.3) is 0 Å². The first-order valence-corrected chi connectivity index (χ1v) is 7.14. The first kappa shape index (κ1) is 13.8. The zero-order valence-corrected chi connectivity index (χ0v) is 12.2. The Hall–Kier alpha value is -0.580. The Balaban J connectivity index is 2.19. The van der Waals surface area contributed by atoms with Gasteiger partial charge in [-0.3, -0.25) is 11.3 Å². The maximum atomic E-state index is 6.03. The first-order valence-electron chi connectivity index (χ1n) is 5.56. The second-order valence-electron chi connectivity index (χ2n) is 4.14. The Labute approximate surface area is 121 Å². The Morgan fingerprint density at radius 3 is 2.61 bits per heavy atom. The minimum absolute atomic E-state index is 0.0654. The van der Waals surface area contributed by atoms with Crippen LogP contribution in [0.4, 0.5) is 0 Å². The molecule has 0 radical (unpaired) electrons. The maximum absolute atomic E-state index is 6.03. The summed E-state index contributed by atoms with van der Waals surface area (Å²) in [5, 5.41) is 0.772. The van der Waals surface area contributed by atoms with Crippen molar-refractivity contribution >= 4 is 34.5 Å². The third-order valence-electron chi connectivity index (χ3n) is 2.82. The van der Waals surface area contributed by atoms with E-state index in [1.54, 1.807) is 11.3 Å². The minimum Gasteiger partial charge on any atom is -0.271 e. The van der Waals surface area contributed by atoms with Crippen molar-refractivity contribution in [1.29, 1.82) is 0 Å². The van der Waals surface area contributed by atoms with Gasteiger partial charge in [0.15, 0.2) is 0 Å². The molecule has 0 saturated carbocycles. The normalized spacial score (nSPS) is 12.7. The molecule has 0 aliphatic carbocycles. The lowest BCUT2D eigenvalue weighted by Gasteiger charge is -2.16. The molecular formula is C13H14Cl2N2S. The van der Waals surface area contributed by atoms with E-state index < -0.39 is 0 Å². The third kappa shape index (κ3) is 3.25. The molecule has 0 spiro atoms. The van der Waals surface area contributed by atoms with E-state index in [-0.39, 0.29) is 6.04 Å². The average molecular weight is 301 g/mol. The van der Waals surface area contributed by atoms with E-state index in [0.29, 0.717) is 0 Å². The molecule has 2 nitrogen and oxygen atoms in total. The van der Waals surface area contributed by atoms with Crippen molar-refractivity contribution in [3.05, 3.63) is 55.7 Å². The summed E-state index contributed by atoms with van der Waals surface area (Å²) >= 11 is 13.5. The van der Waals surface area contributed by atoms with E-state index in [9.17, 15) is 0 Å². The highest BCUT2D eigenvalue weighted by Crippen LogP contribution is 2.27. The number of hydrogen-bond acceptors (Lipinski definition) is 3. The molecule has 1 aromatic carbocycles. The summed E-state index contributed by atoms with van der Waals surface area (Å²) in [6.45, 7) is 1.99. The molecule has 3 N–H and O–H groups in total. The molecule has 1 unspecified atom stereocenters. The van der Waals surface area contributed by atoms with Crippen LogP contribution in [0.3, 0.4) is 0 Å². The van der Waals surface area contributed by atoms with Crippen molar-refractivity contribution in [2.45, 2.75) is 19.4 Å². The number of rotatable bonds is 4. The van der Waals surface area contributed by atoms with E-state index >= 15 is 0 Å². The van der Waals surface area contributed by atoms with Gasteiger partial charge in [-0.2, -0.15) is 0 Å². The largest absolute Gasteiger partial charge is 0.271 e. The summed E-state index contributed by atoms with van der Waals surface area (Å²) in [4.78, 5) is 1.20. The molecule has 5 heteroatoms. The van der Waals surface area contributed by atoms with E-state index in [0.717, 1.165) is 26.9 Å². The first-order chi connectivity index (χ1) is 8.60. The third-order valence-corrected chi connectivity index (χ3v) is 4.50. The molecule has 96 valence electrons. The number of aryl methyl sites for hydroxylation is 1. The summed E-state index contributed by atoms with van der Waals surface area (Å²) in [7, 11) is 0. The Morgan fingerprint density at radius 1 is 1.28 bits per heavy atom. The van der Waals surface area contributed by atoms with Gasteiger partial charge in [0.05, 0.1) is 10.4 Å². The molecule has 0 amide bonds. The second kappa shape index (κ2) is 6.04. The average Bonchev–Trinajstić information content (AvgIpc) is 2.75. The van der Waals surface area contributed by atoms with Crippen molar-refractivity contribution in [3.8, 4) is 0 Å². The van der Waals surface area contributed by atoms with E-state index in [2.05, 4.69) is 11.5 Å². The molecule has 2 aromatic rings. The van der Waals surface area contributed by atoms with Crippen LogP contribution in [0.1, 0.15) is 22.0 Å². The molecule has 2 rings (SSSR count).